The first-order valence-electron chi connectivity index (χ1n) is 9.90. The molecule has 1 N–H and O–H groups in total. The highest BCUT2D eigenvalue weighted by molar-refractivity contribution is 5.94. The highest BCUT2D eigenvalue weighted by Crippen LogP contribution is 2.31. The lowest BCUT2D eigenvalue weighted by molar-refractivity contribution is 0.0609. The smallest absolute Gasteiger partial charge is 0.261 e. The summed E-state index contributed by atoms with van der Waals surface area (Å²) in [4.78, 5) is 30.9. The van der Waals surface area contributed by atoms with E-state index >= 15 is 0 Å². The van der Waals surface area contributed by atoms with E-state index in [1.54, 1.807) is 0 Å². The summed E-state index contributed by atoms with van der Waals surface area (Å²) >= 11 is 0. The first kappa shape index (κ1) is 17.1. The number of amides is 1. The molecule has 4 rings (SSSR count). The molecular formula is C21H27N3O2. The van der Waals surface area contributed by atoms with Crippen molar-refractivity contribution in [3.63, 3.8) is 0 Å². The van der Waals surface area contributed by atoms with Gasteiger partial charge in [0.25, 0.3) is 11.5 Å². The minimum atomic E-state index is -0.230. The van der Waals surface area contributed by atoms with Crippen molar-refractivity contribution in [1.29, 1.82) is 0 Å². The summed E-state index contributed by atoms with van der Waals surface area (Å²) in [6, 6.07) is 6.06. The van der Waals surface area contributed by atoms with Crippen molar-refractivity contribution in [2.75, 3.05) is 6.54 Å². The van der Waals surface area contributed by atoms with Crippen molar-refractivity contribution in [2.45, 2.75) is 64.5 Å². The van der Waals surface area contributed by atoms with E-state index in [0.29, 0.717) is 12.1 Å². The van der Waals surface area contributed by atoms with Crippen molar-refractivity contribution < 1.29 is 4.79 Å². The number of hydrogen-bond acceptors (Lipinski definition) is 2. The second kappa shape index (κ2) is 7.14. The molecule has 1 aliphatic carbocycles. The van der Waals surface area contributed by atoms with Crippen LogP contribution in [0, 0.1) is 0 Å². The number of nitrogens with one attached hydrogen (secondary N) is 1. The second-order valence-electron chi connectivity index (χ2n) is 7.51. The number of H-pyrrole nitrogens is 1. The van der Waals surface area contributed by atoms with E-state index < -0.39 is 0 Å². The van der Waals surface area contributed by atoms with Crippen LogP contribution >= 0.6 is 0 Å². The lowest BCUT2D eigenvalue weighted by Crippen LogP contribution is -2.43. The third-order valence-corrected chi connectivity index (χ3v) is 5.81. The molecule has 26 heavy (non-hydrogen) atoms. The maximum Gasteiger partial charge on any atom is 0.261 e. The fraction of sp³-hybridized carbons (Fsp3) is 0.524. The Bertz CT molecular complexity index is 864. The number of rotatable bonds is 3. The maximum absolute atomic E-state index is 13.3. The molecule has 0 aromatic carbocycles. The lowest BCUT2D eigenvalue weighted by Gasteiger charge is -2.37. The molecule has 0 unspecified atom stereocenters. The van der Waals surface area contributed by atoms with E-state index in [1.165, 1.54) is 12.1 Å². The van der Waals surface area contributed by atoms with E-state index in [1.807, 2.05) is 17.0 Å². The van der Waals surface area contributed by atoms with Crippen LogP contribution in [0.4, 0.5) is 0 Å². The quantitative estimate of drug-likeness (QED) is 0.859. The van der Waals surface area contributed by atoms with Gasteiger partial charge in [0.1, 0.15) is 5.56 Å². The number of carbonyl (C=O) groups is 1. The van der Waals surface area contributed by atoms with Gasteiger partial charge in [-0.3, -0.25) is 9.59 Å². The van der Waals surface area contributed by atoms with E-state index in [-0.39, 0.29) is 17.5 Å². The molecule has 0 saturated carbocycles. The number of nitrogens with zero attached hydrogens (tertiary/aromatic N) is 2. The third kappa shape index (κ3) is 3.00. The van der Waals surface area contributed by atoms with Gasteiger partial charge in [0, 0.05) is 30.7 Å². The average Bonchev–Trinajstić information content (AvgIpc) is 3.00. The normalized spacial score (nSPS) is 19.6. The molecular weight excluding hydrogens is 326 g/mol. The van der Waals surface area contributed by atoms with Crippen LogP contribution in [0.2, 0.25) is 0 Å². The van der Waals surface area contributed by atoms with E-state index in [0.717, 1.165) is 56.3 Å². The topological polar surface area (TPSA) is 58.1 Å². The molecule has 1 amide bonds. The van der Waals surface area contributed by atoms with E-state index in [4.69, 9.17) is 0 Å². The molecule has 0 bridgehead atoms. The van der Waals surface area contributed by atoms with Crippen LogP contribution in [0.25, 0.3) is 0 Å². The number of aromatic nitrogens is 2. The Kier molecular flexibility index (Phi) is 4.70. The predicted molar refractivity (Wildman–Crippen MR) is 101 cm³/mol. The van der Waals surface area contributed by atoms with Gasteiger partial charge >= 0.3 is 0 Å². The van der Waals surface area contributed by atoms with E-state index in [9.17, 15) is 9.59 Å². The first-order chi connectivity index (χ1) is 12.7. The molecule has 3 heterocycles. The Labute approximate surface area is 154 Å². The summed E-state index contributed by atoms with van der Waals surface area (Å²) in [6.45, 7) is 3.58. The van der Waals surface area contributed by atoms with Gasteiger partial charge in [-0.15, -0.1) is 0 Å². The minimum Gasteiger partial charge on any atom is -0.348 e. The van der Waals surface area contributed by atoms with Gasteiger partial charge in [-0.25, -0.2) is 0 Å². The lowest BCUT2D eigenvalue weighted by atomic mass is 10.0. The number of aryl methyl sites for hydroxylation is 2. The third-order valence-electron chi connectivity index (χ3n) is 5.81. The standard InChI is InChI=1S/C21H27N3O2/c1-2-7-19-18-10-6-11-23(18)12-13-24(19)21(26)16-14-15-8-4-3-5-9-17(15)22-20(16)25/h6,10-11,14,19H,2-5,7-9,12-13H2,1H3,(H,22,25)/t19-/m0/s1. The van der Waals surface area contributed by atoms with Gasteiger partial charge in [-0.1, -0.05) is 19.8 Å². The summed E-state index contributed by atoms with van der Waals surface area (Å²) in [5, 5.41) is 0. The molecule has 2 aromatic heterocycles. The van der Waals surface area contributed by atoms with Gasteiger partial charge < -0.3 is 14.5 Å². The van der Waals surface area contributed by atoms with Crippen LogP contribution in [-0.4, -0.2) is 26.9 Å². The SMILES string of the molecule is CCC[C@H]1c2cccn2CCN1C(=O)c1cc2c([nH]c1=O)CCCCC2. The van der Waals surface area contributed by atoms with Gasteiger partial charge in [0.15, 0.2) is 0 Å². The molecule has 138 valence electrons. The summed E-state index contributed by atoms with van der Waals surface area (Å²) in [6.07, 6.45) is 9.28. The molecule has 1 atom stereocenters. The Morgan fingerprint density at radius 1 is 1.23 bits per heavy atom. The van der Waals surface area contributed by atoms with E-state index in [2.05, 4.69) is 28.7 Å². The van der Waals surface area contributed by atoms with Crippen LogP contribution in [-0.2, 0) is 19.4 Å². The molecule has 5 nitrogen and oxygen atoms in total. The largest absolute Gasteiger partial charge is 0.348 e. The molecule has 5 heteroatoms. The molecule has 2 aromatic rings. The summed E-state index contributed by atoms with van der Waals surface area (Å²) in [7, 11) is 0. The Hall–Kier alpha value is -2.30. The van der Waals surface area contributed by atoms with Crippen molar-refractivity contribution in [2.24, 2.45) is 0 Å². The summed E-state index contributed by atoms with van der Waals surface area (Å²) < 4.78 is 2.23. The first-order valence-corrected chi connectivity index (χ1v) is 9.90. The maximum atomic E-state index is 13.3. The van der Waals surface area contributed by atoms with Crippen molar-refractivity contribution in [1.82, 2.24) is 14.5 Å². The van der Waals surface area contributed by atoms with Gasteiger partial charge in [-0.05, 0) is 55.9 Å². The van der Waals surface area contributed by atoms with Crippen LogP contribution in [0.5, 0.6) is 0 Å². The molecule has 0 fully saturated rings. The monoisotopic (exact) mass is 353 g/mol. The zero-order valence-corrected chi connectivity index (χ0v) is 15.5. The zero-order chi connectivity index (χ0) is 18.1. The predicted octanol–water partition coefficient (Wildman–Crippen LogP) is 3.44. The fourth-order valence-electron chi connectivity index (χ4n) is 4.45. The zero-order valence-electron chi connectivity index (χ0n) is 15.5. The second-order valence-corrected chi connectivity index (χ2v) is 7.51. The fourth-order valence-corrected chi connectivity index (χ4v) is 4.45. The Morgan fingerprint density at radius 2 is 2.08 bits per heavy atom. The van der Waals surface area contributed by atoms with Crippen molar-refractivity contribution >= 4 is 5.91 Å². The molecule has 1 aliphatic heterocycles. The molecule has 0 radical (unpaired) electrons. The van der Waals surface area contributed by atoms with Crippen LogP contribution in [0.3, 0.4) is 0 Å². The Morgan fingerprint density at radius 3 is 2.92 bits per heavy atom. The number of carbonyl (C=O) groups excluding carboxylic acids is 1. The highest BCUT2D eigenvalue weighted by Gasteiger charge is 2.32. The number of fused-ring (bicyclic) bond motifs is 2. The average molecular weight is 353 g/mol. The molecule has 0 saturated heterocycles. The van der Waals surface area contributed by atoms with Crippen LogP contribution in [0.1, 0.15) is 72.4 Å². The summed E-state index contributed by atoms with van der Waals surface area (Å²) in [5.74, 6) is -0.121. The van der Waals surface area contributed by atoms with Crippen LogP contribution < -0.4 is 5.56 Å². The van der Waals surface area contributed by atoms with Crippen molar-refractivity contribution in [3.8, 4) is 0 Å². The van der Waals surface area contributed by atoms with Gasteiger partial charge in [0.05, 0.1) is 6.04 Å². The Balaban J connectivity index is 1.69. The number of pyridine rings is 1. The highest BCUT2D eigenvalue weighted by atomic mass is 16.2. The minimum absolute atomic E-state index is 0.0504. The molecule has 0 spiro atoms. The summed E-state index contributed by atoms with van der Waals surface area (Å²) in [5.41, 5.74) is 3.44. The van der Waals surface area contributed by atoms with Crippen molar-refractivity contribution in [3.05, 3.63) is 57.3 Å². The van der Waals surface area contributed by atoms with Crippen LogP contribution in [0.15, 0.2) is 29.2 Å². The van der Waals surface area contributed by atoms with Gasteiger partial charge in [0.2, 0.25) is 0 Å². The number of hydrogen-bond donors (Lipinski definition) is 1. The van der Waals surface area contributed by atoms with Gasteiger partial charge in [-0.2, -0.15) is 0 Å². The number of aromatic amines is 1. The molecule has 2 aliphatic rings.